The molecule has 1 aliphatic carbocycles. The molecule has 1 fully saturated rings. The second-order valence-electron chi connectivity index (χ2n) is 6.23. The number of nitrogen functional groups attached to an aromatic ring is 1. The fourth-order valence-corrected chi connectivity index (χ4v) is 3.84. The predicted octanol–water partition coefficient (Wildman–Crippen LogP) is 4.66. The average Bonchev–Trinajstić information content (AvgIpc) is 2.73. The van der Waals surface area contributed by atoms with E-state index in [1.54, 1.807) is 0 Å². The van der Waals surface area contributed by atoms with Gasteiger partial charge in [-0.3, -0.25) is 0 Å². The summed E-state index contributed by atoms with van der Waals surface area (Å²) in [6.45, 7) is 4.63. The van der Waals surface area contributed by atoms with E-state index in [1.165, 1.54) is 25.7 Å². The molecule has 3 rings (SSSR count). The van der Waals surface area contributed by atoms with Gasteiger partial charge >= 0.3 is 0 Å². The van der Waals surface area contributed by atoms with E-state index < -0.39 is 0 Å². The molecule has 3 nitrogen and oxygen atoms in total. The topological polar surface area (TPSA) is 43.8 Å². The van der Waals surface area contributed by atoms with Gasteiger partial charge in [-0.2, -0.15) is 0 Å². The van der Waals surface area contributed by atoms with E-state index in [0.29, 0.717) is 28.8 Å². The number of hydrogen-bond donors (Lipinski definition) is 1. The molecule has 4 heteroatoms. The standard InChI is InChI=1S/C16H22ClN3/c1-10(2)12-5-3-4-6-14(12)20-15-8-7-11(17)9-13(15)19-16(20)18/h7-10,12,14H,3-6H2,1-2H3,(H2,18,19). The average molecular weight is 292 g/mol. The molecular formula is C16H22ClN3. The first-order chi connectivity index (χ1) is 9.58. The highest BCUT2D eigenvalue weighted by Gasteiger charge is 2.31. The number of halogens is 1. The Bertz CT molecular complexity index is 617. The molecule has 1 heterocycles. The highest BCUT2D eigenvalue weighted by molar-refractivity contribution is 6.31. The molecule has 0 aliphatic heterocycles. The summed E-state index contributed by atoms with van der Waals surface area (Å²) in [7, 11) is 0. The zero-order valence-electron chi connectivity index (χ0n) is 12.1. The van der Waals surface area contributed by atoms with E-state index in [1.807, 2.05) is 18.2 Å². The molecule has 20 heavy (non-hydrogen) atoms. The molecule has 1 aromatic carbocycles. The molecule has 0 radical (unpaired) electrons. The first-order valence-electron chi connectivity index (χ1n) is 7.51. The van der Waals surface area contributed by atoms with Crippen molar-refractivity contribution in [2.24, 2.45) is 11.8 Å². The Morgan fingerprint density at radius 2 is 2.05 bits per heavy atom. The van der Waals surface area contributed by atoms with Crippen LogP contribution in [0, 0.1) is 11.8 Å². The lowest BCUT2D eigenvalue weighted by Crippen LogP contribution is -2.27. The molecule has 2 atom stereocenters. The van der Waals surface area contributed by atoms with E-state index >= 15 is 0 Å². The van der Waals surface area contributed by atoms with Gasteiger partial charge in [0.25, 0.3) is 0 Å². The van der Waals surface area contributed by atoms with Gasteiger partial charge in [0.2, 0.25) is 5.95 Å². The Hall–Kier alpha value is -1.22. The molecule has 108 valence electrons. The van der Waals surface area contributed by atoms with Gasteiger partial charge < -0.3 is 10.3 Å². The van der Waals surface area contributed by atoms with Crippen LogP contribution in [0.4, 0.5) is 5.95 Å². The van der Waals surface area contributed by atoms with Gasteiger partial charge in [-0.25, -0.2) is 4.98 Å². The van der Waals surface area contributed by atoms with Gasteiger partial charge in [-0.05, 0) is 42.9 Å². The fourth-order valence-electron chi connectivity index (χ4n) is 3.68. The summed E-state index contributed by atoms with van der Waals surface area (Å²) in [5, 5.41) is 0.714. The Kier molecular flexibility index (Phi) is 3.63. The van der Waals surface area contributed by atoms with Crippen molar-refractivity contribution in [3.8, 4) is 0 Å². The maximum absolute atomic E-state index is 6.21. The van der Waals surface area contributed by atoms with E-state index in [9.17, 15) is 0 Å². The minimum Gasteiger partial charge on any atom is -0.369 e. The van der Waals surface area contributed by atoms with Crippen molar-refractivity contribution in [3.63, 3.8) is 0 Å². The number of hydrogen-bond acceptors (Lipinski definition) is 2. The number of fused-ring (bicyclic) bond motifs is 1. The SMILES string of the molecule is CC(C)C1CCCCC1n1c(N)nc2cc(Cl)ccc21. The zero-order valence-corrected chi connectivity index (χ0v) is 12.9. The lowest BCUT2D eigenvalue weighted by atomic mass is 9.77. The van der Waals surface area contributed by atoms with Crippen molar-refractivity contribution in [1.82, 2.24) is 9.55 Å². The van der Waals surface area contributed by atoms with Crippen LogP contribution in [0.25, 0.3) is 11.0 Å². The Balaban J connectivity index is 2.10. The molecule has 2 aromatic rings. The lowest BCUT2D eigenvalue weighted by Gasteiger charge is -2.36. The first kappa shape index (κ1) is 13.7. The van der Waals surface area contributed by atoms with Crippen molar-refractivity contribution in [1.29, 1.82) is 0 Å². The van der Waals surface area contributed by atoms with Gasteiger partial charge in [0.05, 0.1) is 11.0 Å². The molecule has 0 amide bonds. The van der Waals surface area contributed by atoms with Crippen LogP contribution in [-0.4, -0.2) is 9.55 Å². The molecule has 0 saturated heterocycles. The van der Waals surface area contributed by atoms with E-state index in [2.05, 4.69) is 23.4 Å². The van der Waals surface area contributed by atoms with Crippen LogP contribution in [0.2, 0.25) is 5.02 Å². The predicted molar refractivity (Wildman–Crippen MR) is 85.0 cm³/mol. The van der Waals surface area contributed by atoms with Gasteiger partial charge in [0, 0.05) is 11.1 Å². The van der Waals surface area contributed by atoms with Gasteiger partial charge in [0.15, 0.2) is 0 Å². The quantitative estimate of drug-likeness (QED) is 0.874. The van der Waals surface area contributed by atoms with Crippen LogP contribution < -0.4 is 5.73 Å². The van der Waals surface area contributed by atoms with Crippen LogP contribution in [0.3, 0.4) is 0 Å². The van der Waals surface area contributed by atoms with E-state index in [4.69, 9.17) is 17.3 Å². The largest absolute Gasteiger partial charge is 0.369 e. The highest BCUT2D eigenvalue weighted by Crippen LogP contribution is 2.41. The third kappa shape index (κ3) is 2.28. The van der Waals surface area contributed by atoms with E-state index in [-0.39, 0.29) is 0 Å². The number of benzene rings is 1. The third-order valence-electron chi connectivity index (χ3n) is 4.65. The number of aromatic nitrogens is 2. The van der Waals surface area contributed by atoms with E-state index in [0.717, 1.165) is 11.0 Å². The maximum atomic E-state index is 6.21. The van der Waals surface area contributed by atoms with Crippen molar-refractivity contribution in [2.45, 2.75) is 45.6 Å². The zero-order chi connectivity index (χ0) is 14.3. The number of imidazole rings is 1. The molecule has 1 saturated carbocycles. The smallest absolute Gasteiger partial charge is 0.201 e. The normalized spacial score (nSPS) is 23.6. The molecule has 1 aliphatic rings. The maximum Gasteiger partial charge on any atom is 0.201 e. The van der Waals surface area contributed by atoms with Crippen molar-refractivity contribution >= 4 is 28.6 Å². The van der Waals surface area contributed by atoms with Gasteiger partial charge in [0.1, 0.15) is 0 Å². The molecular weight excluding hydrogens is 270 g/mol. The minimum absolute atomic E-state index is 0.468. The second-order valence-corrected chi connectivity index (χ2v) is 6.67. The highest BCUT2D eigenvalue weighted by atomic mass is 35.5. The summed E-state index contributed by atoms with van der Waals surface area (Å²) in [6.07, 6.45) is 5.09. The Morgan fingerprint density at radius 1 is 1.30 bits per heavy atom. The number of nitrogens with zero attached hydrogens (tertiary/aromatic N) is 2. The molecule has 0 bridgehead atoms. The van der Waals surface area contributed by atoms with Crippen LogP contribution in [0.5, 0.6) is 0 Å². The van der Waals surface area contributed by atoms with Crippen molar-refractivity contribution < 1.29 is 0 Å². The van der Waals surface area contributed by atoms with Gasteiger partial charge in [-0.15, -0.1) is 0 Å². The number of anilines is 1. The summed E-state index contributed by atoms with van der Waals surface area (Å²) in [6, 6.07) is 6.34. The lowest BCUT2D eigenvalue weighted by molar-refractivity contribution is 0.189. The minimum atomic E-state index is 0.468. The van der Waals surface area contributed by atoms with Crippen molar-refractivity contribution in [2.75, 3.05) is 5.73 Å². The fraction of sp³-hybridized carbons (Fsp3) is 0.562. The van der Waals surface area contributed by atoms with Crippen LogP contribution in [-0.2, 0) is 0 Å². The van der Waals surface area contributed by atoms with Crippen LogP contribution in [0.1, 0.15) is 45.6 Å². The van der Waals surface area contributed by atoms with Crippen LogP contribution >= 0.6 is 11.6 Å². The Labute approximate surface area is 125 Å². The summed E-state index contributed by atoms with van der Waals surface area (Å²) in [4.78, 5) is 4.50. The summed E-state index contributed by atoms with van der Waals surface area (Å²) < 4.78 is 2.25. The third-order valence-corrected chi connectivity index (χ3v) is 4.88. The van der Waals surface area contributed by atoms with Gasteiger partial charge in [-0.1, -0.05) is 38.3 Å². The first-order valence-corrected chi connectivity index (χ1v) is 7.88. The Morgan fingerprint density at radius 3 is 2.80 bits per heavy atom. The summed E-state index contributed by atoms with van der Waals surface area (Å²) in [5.41, 5.74) is 8.23. The molecule has 0 spiro atoms. The number of nitrogens with two attached hydrogens (primary N) is 1. The molecule has 2 N–H and O–H groups in total. The van der Waals surface area contributed by atoms with Crippen LogP contribution in [0.15, 0.2) is 18.2 Å². The summed E-state index contributed by atoms with van der Waals surface area (Å²) in [5.74, 6) is 1.98. The van der Waals surface area contributed by atoms with Crippen molar-refractivity contribution in [3.05, 3.63) is 23.2 Å². The second kappa shape index (κ2) is 5.28. The molecule has 1 aromatic heterocycles. The monoisotopic (exact) mass is 291 g/mol. The number of rotatable bonds is 2. The summed E-state index contributed by atoms with van der Waals surface area (Å²) >= 11 is 6.06. The molecule has 2 unspecified atom stereocenters.